The average molecular weight is 377 g/mol. The van der Waals surface area contributed by atoms with Gasteiger partial charge in [0.1, 0.15) is 5.76 Å². The van der Waals surface area contributed by atoms with Gasteiger partial charge in [-0.2, -0.15) is 0 Å². The summed E-state index contributed by atoms with van der Waals surface area (Å²) in [6.45, 7) is 2.00. The fourth-order valence-electron chi connectivity index (χ4n) is 1.98. The predicted octanol–water partition coefficient (Wildman–Crippen LogP) is 4.58. The molecular formula is C16H13BrN2O2S. The molecule has 0 atom stereocenters. The van der Waals surface area contributed by atoms with Gasteiger partial charge in [0, 0.05) is 13.1 Å². The molecule has 1 amide bonds. The number of aliphatic imine (C=N–C) groups is 1. The number of likely N-dealkylation sites (N-methyl/N-ethyl adjacent to an activating group) is 1. The minimum Gasteiger partial charge on any atom is -0.450 e. The number of hydrogen-bond donors (Lipinski definition) is 0. The second-order valence-electron chi connectivity index (χ2n) is 4.80. The fraction of sp³-hybridized carbons (Fsp3) is 0.125. The summed E-state index contributed by atoms with van der Waals surface area (Å²) in [5, 5.41) is 0.663. The predicted molar refractivity (Wildman–Crippen MR) is 93.0 cm³/mol. The van der Waals surface area contributed by atoms with Crippen LogP contribution in [0.25, 0.3) is 6.08 Å². The van der Waals surface area contributed by atoms with Gasteiger partial charge in [0.05, 0.1) is 10.6 Å². The Labute approximate surface area is 141 Å². The zero-order chi connectivity index (χ0) is 15.7. The zero-order valence-corrected chi connectivity index (χ0v) is 14.4. The standard InChI is InChI=1S/C16H13BrN2O2S/c1-10-5-3-4-6-12(10)18-16-19(2)15(20)13(22-16)9-11-7-8-14(17)21-11/h3-9H,1-2H3/b13-9+,18-16?. The molecule has 0 radical (unpaired) electrons. The molecule has 0 unspecified atom stereocenters. The van der Waals surface area contributed by atoms with E-state index in [2.05, 4.69) is 20.9 Å². The van der Waals surface area contributed by atoms with E-state index in [-0.39, 0.29) is 5.91 Å². The maximum Gasteiger partial charge on any atom is 0.266 e. The molecule has 6 heteroatoms. The number of carbonyl (C=O) groups is 1. The Hall–Kier alpha value is -1.79. The summed E-state index contributed by atoms with van der Waals surface area (Å²) in [6, 6.07) is 11.4. The van der Waals surface area contributed by atoms with E-state index in [1.807, 2.05) is 31.2 Å². The minimum atomic E-state index is -0.0788. The average Bonchev–Trinajstić information content (AvgIpc) is 3.01. The van der Waals surface area contributed by atoms with Crippen molar-refractivity contribution in [1.82, 2.24) is 4.90 Å². The van der Waals surface area contributed by atoms with E-state index in [1.165, 1.54) is 11.8 Å². The molecule has 22 heavy (non-hydrogen) atoms. The van der Waals surface area contributed by atoms with Crippen molar-refractivity contribution in [2.45, 2.75) is 6.92 Å². The monoisotopic (exact) mass is 376 g/mol. The molecule has 2 heterocycles. The maximum absolute atomic E-state index is 12.3. The molecule has 1 aliphatic rings. The van der Waals surface area contributed by atoms with E-state index in [4.69, 9.17) is 4.42 Å². The molecule has 4 nitrogen and oxygen atoms in total. The van der Waals surface area contributed by atoms with Gasteiger partial charge in [-0.25, -0.2) is 4.99 Å². The molecule has 1 aromatic carbocycles. The Balaban J connectivity index is 1.92. The second-order valence-corrected chi connectivity index (χ2v) is 6.59. The third-order valence-electron chi connectivity index (χ3n) is 3.20. The number of thioether (sulfide) groups is 1. The summed E-state index contributed by atoms with van der Waals surface area (Å²) < 4.78 is 6.05. The number of halogens is 1. The van der Waals surface area contributed by atoms with Crippen LogP contribution in [0.1, 0.15) is 11.3 Å². The Morgan fingerprint density at radius 3 is 2.73 bits per heavy atom. The molecule has 0 bridgehead atoms. The highest BCUT2D eigenvalue weighted by molar-refractivity contribution is 9.10. The molecule has 0 spiro atoms. The van der Waals surface area contributed by atoms with E-state index < -0.39 is 0 Å². The first-order valence-corrected chi connectivity index (χ1v) is 8.23. The molecule has 1 aromatic heterocycles. The lowest BCUT2D eigenvalue weighted by molar-refractivity contribution is -0.121. The second kappa shape index (κ2) is 6.14. The smallest absolute Gasteiger partial charge is 0.266 e. The number of amides is 1. The topological polar surface area (TPSA) is 45.8 Å². The minimum absolute atomic E-state index is 0.0788. The number of rotatable bonds is 2. The van der Waals surface area contributed by atoms with E-state index >= 15 is 0 Å². The maximum atomic E-state index is 12.3. The lowest BCUT2D eigenvalue weighted by atomic mass is 10.2. The number of nitrogens with zero attached hydrogens (tertiary/aromatic N) is 2. The van der Waals surface area contributed by atoms with Crippen LogP contribution in [0.15, 0.2) is 55.4 Å². The molecule has 112 valence electrons. The van der Waals surface area contributed by atoms with Crippen LogP contribution in [0.3, 0.4) is 0 Å². The Kier molecular flexibility index (Phi) is 4.22. The summed E-state index contributed by atoms with van der Waals surface area (Å²) in [7, 11) is 1.73. The summed E-state index contributed by atoms with van der Waals surface area (Å²) in [5.74, 6) is 0.554. The number of benzene rings is 1. The van der Waals surface area contributed by atoms with Gasteiger partial charge in [-0.3, -0.25) is 9.69 Å². The quantitative estimate of drug-likeness (QED) is 0.720. The number of amidine groups is 1. The molecule has 1 fully saturated rings. The molecule has 3 rings (SSSR count). The number of hydrogen-bond acceptors (Lipinski definition) is 4. The van der Waals surface area contributed by atoms with Gasteiger partial charge in [-0.15, -0.1) is 0 Å². The summed E-state index contributed by atoms with van der Waals surface area (Å²) >= 11 is 4.60. The molecule has 0 saturated carbocycles. The molecule has 1 aliphatic heterocycles. The summed E-state index contributed by atoms with van der Waals surface area (Å²) in [6.07, 6.45) is 1.73. The largest absolute Gasteiger partial charge is 0.450 e. The van der Waals surface area contributed by atoms with Crippen LogP contribution in [0, 0.1) is 6.92 Å². The number of carbonyl (C=O) groups excluding carboxylic acids is 1. The molecule has 1 saturated heterocycles. The van der Waals surface area contributed by atoms with Crippen molar-refractivity contribution in [3.05, 3.63) is 57.3 Å². The van der Waals surface area contributed by atoms with Crippen LogP contribution in [0.4, 0.5) is 5.69 Å². The highest BCUT2D eigenvalue weighted by Crippen LogP contribution is 2.34. The lowest BCUT2D eigenvalue weighted by Gasteiger charge is -2.08. The van der Waals surface area contributed by atoms with Gasteiger partial charge in [-0.1, -0.05) is 18.2 Å². The molecule has 0 aliphatic carbocycles. The van der Waals surface area contributed by atoms with Crippen molar-refractivity contribution in [1.29, 1.82) is 0 Å². The van der Waals surface area contributed by atoms with E-state index in [1.54, 1.807) is 30.2 Å². The van der Waals surface area contributed by atoms with Gasteiger partial charge >= 0.3 is 0 Å². The normalized spacial score (nSPS) is 18.7. The summed E-state index contributed by atoms with van der Waals surface area (Å²) in [5.41, 5.74) is 1.94. The first kappa shape index (κ1) is 15.1. The van der Waals surface area contributed by atoms with Crippen LogP contribution >= 0.6 is 27.7 Å². The van der Waals surface area contributed by atoms with Crippen LogP contribution in [0.2, 0.25) is 0 Å². The van der Waals surface area contributed by atoms with Crippen molar-refractivity contribution in [3.63, 3.8) is 0 Å². The van der Waals surface area contributed by atoms with E-state index in [0.717, 1.165) is 11.3 Å². The molecular weight excluding hydrogens is 364 g/mol. The van der Waals surface area contributed by atoms with Crippen molar-refractivity contribution in [2.24, 2.45) is 4.99 Å². The van der Waals surface area contributed by atoms with Crippen LogP contribution in [-0.2, 0) is 4.79 Å². The van der Waals surface area contributed by atoms with Gasteiger partial charge in [-0.05, 0) is 58.4 Å². The van der Waals surface area contributed by atoms with E-state index in [9.17, 15) is 4.79 Å². The lowest BCUT2D eigenvalue weighted by Crippen LogP contribution is -2.23. The fourth-order valence-corrected chi connectivity index (χ4v) is 3.26. The Morgan fingerprint density at radius 2 is 2.05 bits per heavy atom. The van der Waals surface area contributed by atoms with Crippen LogP contribution < -0.4 is 0 Å². The third-order valence-corrected chi connectivity index (χ3v) is 4.69. The first-order chi connectivity index (χ1) is 10.5. The Morgan fingerprint density at radius 1 is 1.27 bits per heavy atom. The van der Waals surface area contributed by atoms with Crippen molar-refractivity contribution >= 4 is 50.5 Å². The third kappa shape index (κ3) is 3.03. The zero-order valence-electron chi connectivity index (χ0n) is 12.0. The van der Waals surface area contributed by atoms with Crippen LogP contribution in [0.5, 0.6) is 0 Å². The van der Waals surface area contributed by atoms with Crippen molar-refractivity contribution in [3.8, 4) is 0 Å². The Bertz CT molecular complexity index is 795. The first-order valence-electron chi connectivity index (χ1n) is 6.62. The number of furan rings is 1. The molecule has 0 N–H and O–H groups in total. The van der Waals surface area contributed by atoms with Gasteiger partial charge < -0.3 is 4.42 Å². The SMILES string of the molecule is Cc1ccccc1N=C1S/C(=C/c2ccc(Br)o2)C(=O)N1C. The van der Waals surface area contributed by atoms with E-state index in [0.29, 0.717) is 20.5 Å². The van der Waals surface area contributed by atoms with Crippen molar-refractivity contribution < 1.29 is 9.21 Å². The highest BCUT2D eigenvalue weighted by Gasteiger charge is 2.30. The van der Waals surface area contributed by atoms with Gasteiger partial charge in [0.25, 0.3) is 5.91 Å². The number of aryl methyl sites for hydroxylation is 1. The van der Waals surface area contributed by atoms with Gasteiger partial charge in [0.2, 0.25) is 0 Å². The van der Waals surface area contributed by atoms with Crippen molar-refractivity contribution in [2.75, 3.05) is 7.05 Å². The molecule has 2 aromatic rings. The highest BCUT2D eigenvalue weighted by atomic mass is 79.9. The number of para-hydroxylation sites is 1. The van der Waals surface area contributed by atoms with Gasteiger partial charge in [0.15, 0.2) is 9.84 Å². The van der Waals surface area contributed by atoms with Crippen LogP contribution in [-0.4, -0.2) is 23.0 Å². The summed E-state index contributed by atoms with van der Waals surface area (Å²) in [4.78, 5) is 19.0.